The molecule has 88 valence electrons. The molecule has 0 fully saturated rings. The second-order valence-corrected chi connectivity index (χ2v) is 5.95. The highest BCUT2D eigenvalue weighted by Crippen LogP contribution is 2.36. The molecule has 1 aliphatic rings. The monoisotopic (exact) mass is 301 g/mol. The molecule has 2 rings (SSSR count). The molecule has 0 bridgehead atoms. The fourth-order valence-corrected chi connectivity index (χ4v) is 2.82. The average molecular weight is 302 g/mol. The van der Waals surface area contributed by atoms with Crippen molar-refractivity contribution in [1.82, 2.24) is 0 Å². The van der Waals surface area contributed by atoms with Gasteiger partial charge in [0.25, 0.3) is 0 Å². The van der Waals surface area contributed by atoms with Crippen LogP contribution in [0.5, 0.6) is 5.75 Å². The summed E-state index contributed by atoms with van der Waals surface area (Å²) in [5.41, 5.74) is 7.28. The van der Waals surface area contributed by atoms with Crippen LogP contribution in [0.25, 0.3) is 0 Å². The van der Waals surface area contributed by atoms with E-state index in [1.165, 1.54) is 0 Å². The van der Waals surface area contributed by atoms with Crippen LogP contribution in [0.2, 0.25) is 0 Å². The molecular formula is C12H16BrNOS. The van der Waals surface area contributed by atoms with Crippen LogP contribution >= 0.6 is 27.7 Å². The summed E-state index contributed by atoms with van der Waals surface area (Å²) in [6, 6.07) is 6.20. The maximum atomic E-state index is 6.16. The van der Waals surface area contributed by atoms with Gasteiger partial charge in [0.15, 0.2) is 0 Å². The average Bonchev–Trinajstić information content (AvgIpc) is 2.25. The quantitative estimate of drug-likeness (QED) is 0.930. The Morgan fingerprint density at radius 1 is 1.56 bits per heavy atom. The van der Waals surface area contributed by atoms with E-state index in [0.717, 1.165) is 34.4 Å². The number of hydrogen-bond acceptors (Lipinski definition) is 3. The summed E-state index contributed by atoms with van der Waals surface area (Å²) in [6.07, 6.45) is 4.38. The summed E-state index contributed by atoms with van der Waals surface area (Å²) in [4.78, 5) is 0. The van der Waals surface area contributed by atoms with Crippen LogP contribution in [0.15, 0.2) is 22.7 Å². The Morgan fingerprint density at radius 3 is 3.12 bits per heavy atom. The van der Waals surface area contributed by atoms with Gasteiger partial charge in [-0.25, -0.2) is 0 Å². The lowest BCUT2D eigenvalue weighted by Crippen LogP contribution is -2.29. The molecule has 2 N–H and O–H groups in total. The smallest absolute Gasteiger partial charge is 0.125 e. The van der Waals surface area contributed by atoms with Crippen molar-refractivity contribution < 1.29 is 4.74 Å². The molecule has 0 saturated carbocycles. The molecule has 16 heavy (non-hydrogen) atoms. The van der Waals surface area contributed by atoms with E-state index < -0.39 is 0 Å². The first-order valence-electron chi connectivity index (χ1n) is 5.41. The molecule has 1 aromatic rings. The summed E-state index contributed by atoms with van der Waals surface area (Å²) in [6.45, 7) is 0. The van der Waals surface area contributed by atoms with Crippen molar-refractivity contribution in [1.29, 1.82) is 0 Å². The van der Waals surface area contributed by atoms with Gasteiger partial charge in [-0.3, -0.25) is 0 Å². The molecule has 1 heterocycles. The second kappa shape index (κ2) is 5.43. The maximum absolute atomic E-state index is 6.16. The topological polar surface area (TPSA) is 35.2 Å². The van der Waals surface area contributed by atoms with Gasteiger partial charge >= 0.3 is 0 Å². The highest BCUT2D eigenvalue weighted by atomic mass is 79.9. The van der Waals surface area contributed by atoms with E-state index in [0.29, 0.717) is 0 Å². The van der Waals surface area contributed by atoms with E-state index in [1.54, 1.807) is 0 Å². The normalized spacial score (nSPS) is 23.7. The lowest BCUT2D eigenvalue weighted by Gasteiger charge is -2.30. The molecule has 0 radical (unpaired) electrons. The minimum Gasteiger partial charge on any atom is -0.490 e. The zero-order valence-electron chi connectivity index (χ0n) is 9.28. The second-order valence-electron chi connectivity index (χ2n) is 4.05. The fourth-order valence-electron chi connectivity index (χ4n) is 1.98. The van der Waals surface area contributed by atoms with Gasteiger partial charge in [0.2, 0.25) is 0 Å². The first-order valence-corrected chi connectivity index (χ1v) is 7.60. The van der Waals surface area contributed by atoms with Gasteiger partial charge in [0.05, 0.1) is 0 Å². The Balaban J connectivity index is 2.14. The molecule has 1 unspecified atom stereocenters. The minimum absolute atomic E-state index is 0.115. The van der Waals surface area contributed by atoms with E-state index in [9.17, 15) is 0 Å². The molecule has 0 aromatic heterocycles. The predicted molar refractivity (Wildman–Crippen MR) is 73.1 cm³/mol. The van der Waals surface area contributed by atoms with Crippen LogP contribution in [0, 0.1) is 0 Å². The molecule has 0 saturated heterocycles. The Labute approximate surface area is 109 Å². The Morgan fingerprint density at radius 2 is 2.38 bits per heavy atom. The van der Waals surface area contributed by atoms with Gasteiger partial charge in [0.1, 0.15) is 11.9 Å². The molecule has 0 amide bonds. The Hall–Kier alpha value is -0.190. The van der Waals surface area contributed by atoms with Crippen molar-refractivity contribution in [2.75, 3.05) is 12.0 Å². The van der Waals surface area contributed by atoms with Crippen molar-refractivity contribution in [3.8, 4) is 5.75 Å². The van der Waals surface area contributed by atoms with Crippen molar-refractivity contribution in [2.45, 2.75) is 25.0 Å². The minimum atomic E-state index is 0.115. The Bertz CT molecular complexity index is 372. The van der Waals surface area contributed by atoms with E-state index in [2.05, 4.69) is 28.3 Å². The number of nitrogens with two attached hydrogens (primary N) is 1. The largest absolute Gasteiger partial charge is 0.490 e. The van der Waals surface area contributed by atoms with E-state index in [4.69, 9.17) is 10.5 Å². The molecular weight excluding hydrogens is 286 g/mol. The lowest BCUT2D eigenvalue weighted by molar-refractivity contribution is 0.156. The number of ether oxygens (including phenoxy) is 1. The number of thioether (sulfide) groups is 1. The number of rotatable bonds is 3. The summed E-state index contributed by atoms with van der Waals surface area (Å²) in [5, 5.41) is 0. The fraction of sp³-hybridized carbons (Fsp3) is 0.500. The number of halogens is 1. The SMILES string of the molecule is CSCCC1C[C@H](N)c2ccc(Br)cc2O1. The zero-order chi connectivity index (χ0) is 11.5. The summed E-state index contributed by atoms with van der Waals surface area (Å²) >= 11 is 5.31. The number of hydrogen-bond donors (Lipinski definition) is 1. The third-order valence-electron chi connectivity index (χ3n) is 2.83. The molecule has 1 aromatic carbocycles. The highest BCUT2D eigenvalue weighted by Gasteiger charge is 2.25. The number of fused-ring (bicyclic) bond motifs is 1. The van der Waals surface area contributed by atoms with Crippen molar-refractivity contribution in [3.63, 3.8) is 0 Å². The van der Waals surface area contributed by atoms with Crippen LogP contribution in [0.1, 0.15) is 24.4 Å². The lowest BCUT2D eigenvalue weighted by atomic mass is 9.96. The van der Waals surface area contributed by atoms with Gasteiger partial charge in [-0.2, -0.15) is 11.8 Å². The van der Waals surface area contributed by atoms with Gasteiger partial charge in [-0.15, -0.1) is 0 Å². The zero-order valence-corrected chi connectivity index (χ0v) is 11.7. The first-order chi connectivity index (χ1) is 7.70. The summed E-state index contributed by atoms with van der Waals surface area (Å²) in [7, 11) is 0. The maximum Gasteiger partial charge on any atom is 0.125 e. The van der Waals surface area contributed by atoms with Crippen molar-refractivity contribution in [3.05, 3.63) is 28.2 Å². The van der Waals surface area contributed by atoms with Crippen LogP contribution < -0.4 is 10.5 Å². The third kappa shape index (κ3) is 2.73. The molecule has 4 heteroatoms. The van der Waals surface area contributed by atoms with E-state index in [-0.39, 0.29) is 12.1 Å². The highest BCUT2D eigenvalue weighted by molar-refractivity contribution is 9.10. The molecule has 1 aliphatic heterocycles. The summed E-state index contributed by atoms with van der Waals surface area (Å²) < 4.78 is 7.01. The van der Waals surface area contributed by atoms with E-state index >= 15 is 0 Å². The molecule has 0 aliphatic carbocycles. The standard InChI is InChI=1S/C12H16BrNOS/c1-16-5-4-9-7-11(14)10-3-2-8(13)6-12(10)15-9/h2-3,6,9,11H,4-5,7,14H2,1H3/t9?,11-/m0/s1. The molecule has 0 spiro atoms. The van der Waals surface area contributed by atoms with Crippen LogP contribution in [0.3, 0.4) is 0 Å². The third-order valence-corrected chi connectivity index (χ3v) is 3.97. The van der Waals surface area contributed by atoms with Gasteiger partial charge in [0, 0.05) is 22.5 Å². The molecule has 2 atom stereocenters. The molecule has 2 nitrogen and oxygen atoms in total. The van der Waals surface area contributed by atoms with Gasteiger partial charge < -0.3 is 10.5 Å². The number of benzene rings is 1. The van der Waals surface area contributed by atoms with Crippen molar-refractivity contribution >= 4 is 27.7 Å². The van der Waals surface area contributed by atoms with Crippen LogP contribution in [0.4, 0.5) is 0 Å². The van der Waals surface area contributed by atoms with Crippen LogP contribution in [-0.2, 0) is 0 Å². The van der Waals surface area contributed by atoms with Crippen molar-refractivity contribution in [2.24, 2.45) is 5.73 Å². The Kier molecular flexibility index (Phi) is 4.16. The summed E-state index contributed by atoms with van der Waals surface area (Å²) in [5.74, 6) is 2.07. The van der Waals surface area contributed by atoms with Gasteiger partial charge in [-0.05, 0) is 30.6 Å². The van der Waals surface area contributed by atoms with Crippen LogP contribution in [-0.4, -0.2) is 18.1 Å². The van der Waals surface area contributed by atoms with E-state index in [1.807, 2.05) is 23.9 Å². The van der Waals surface area contributed by atoms with Gasteiger partial charge in [-0.1, -0.05) is 22.0 Å². The first kappa shape index (κ1) is 12.3. The predicted octanol–water partition coefficient (Wildman–Crippen LogP) is 3.35.